The lowest BCUT2D eigenvalue weighted by Gasteiger charge is -2.10. The third kappa shape index (κ3) is 2.86. The van der Waals surface area contributed by atoms with E-state index in [1.54, 1.807) is 0 Å². The van der Waals surface area contributed by atoms with Gasteiger partial charge >= 0.3 is 0 Å². The van der Waals surface area contributed by atoms with Crippen LogP contribution in [0.4, 0.5) is 0 Å². The zero-order chi connectivity index (χ0) is 14.7. The van der Waals surface area contributed by atoms with Crippen LogP contribution in [-0.2, 0) is 0 Å². The fourth-order valence-electron chi connectivity index (χ4n) is 2.29. The fourth-order valence-corrected chi connectivity index (χ4v) is 2.47. The number of amides is 1. The largest absolute Gasteiger partial charge is 0.351 e. The number of nitrogens with one attached hydrogen (secondary N) is 1. The molecule has 0 atom stereocenters. The molecule has 106 valence electrons. The van der Waals surface area contributed by atoms with Gasteiger partial charge in [0.1, 0.15) is 0 Å². The number of nitrogens with two attached hydrogens (primary N) is 1. The summed E-state index contributed by atoms with van der Waals surface area (Å²) < 4.78 is 2.02. The summed E-state index contributed by atoms with van der Waals surface area (Å²) in [7, 11) is 0. The lowest BCUT2D eigenvalue weighted by molar-refractivity contribution is 0.0954. The molecule has 0 aliphatic heterocycles. The fraction of sp³-hybridized carbons (Fsp3) is 0.267. The van der Waals surface area contributed by atoms with Crippen molar-refractivity contribution in [2.24, 2.45) is 5.73 Å². The van der Waals surface area contributed by atoms with Crippen LogP contribution < -0.4 is 11.1 Å². The molecule has 1 aromatic heterocycles. The summed E-state index contributed by atoms with van der Waals surface area (Å²) >= 11 is 6.03. The van der Waals surface area contributed by atoms with Crippen LogP contribution in [-0.4, -0.2) is 23.6 Å². The number of benzene rings is 1. The van der Waals surface area contributed by atoms with Gasteiger partial charge in [-0.2, -0.15) is 0 Å². The topological polar surface area (TPSA) is 60.1 Å². The van der Waals surface area contributed by atoms with Crippen LogP contribution in [0.2, 0.25) is 5.02 Å². The van der Waals surface area contributed by atoms with E-state index in [0.717, 1.165) is 17.1 Å². The molecule has 1 aromatic carbocycles. The van der Waals surface area contributed by atoms with Gasteiger partial charge in [-0.25, -0.2) is 0 Å². The number of halogens is 1. The molecule has 1 amide bonds. The summed E-state index contributed by atoms with van der Waals surface area (Å²) in [4.78, 5) is 12.1. The van der Waals surface area contributed by atoms with Crippen molar-refractivity contribution in [3.8, 4) is 5.69 Å². The van der Waals surface area contributed by atoms with Crippen molar-refractivity contribution in [1.29, 1.82) is 0 Å². The molecule has 0 saturated heterocycles. The van der Waals surface area contributed by atoms with Gasteiger partial charge in [0.05, 0.1) is 5.56 Å². The summed E-state index contributed by atoms with van der Waals surface area (Å²) in [6, 6.07) is 9.44. The first-order valence-corrected chi connectivity index (χ1v) is 6.85. The Balaban J connectivity index is 2.41. The Labute approximate surface area is 123 Å². The Morgan fingerprint density at radius 3 is 2.75 bits per heavy atom. The van der Waals surface area contributed by atoms with Crippen LogP contribution in [0.5, 0.6) is 0 Å². The second-order valence-corrected chi connectivity index (χ2v) is 5.08. The molecular weight excluding hydrogens is 274 g/mol. The highest BCUT2D eigenvalue weighted by molar-refractivity contribution is 6.30. The first-order chi connectivity index (χ1) is 9.54. The minimum Gasteiger partial charge on any atom is -0.351 e. The highest BCUT2D eigenvalue weighted by Crippen LogP contribution is 2.22. The van der Waals surface area contributed by atoms with Crippen molar-refractivity contribution in [3.05, 3.63) is 52.3 Å². The van der Waals surface area contributed by atoms with E-state index in [1.165, 1.54) is 0 Å². The number of nitrogens with zero attached hydrogens (tertiary/aromatic N) is 1. The maximum absolute atomic E-state index is 12.1. The summed E-state index contributed by atoms with van der Waals surface area (Å²) in [6.07, 6.45) is 0. The van der Waals surface area contributed by atoms with Crippen LogP contribution in [0.3, 0.4) is 0 Å². The van der Waals surface area contributed by atoms with Gasteiger partial charge in [-0.1, -0.05) is 17.7 Å². The van der Waals surface area contributed by atoms with Crippen LogP contribution in [0.1, 0.15) is 21.7 Å². The maximum Gasteiger partial charge on any atom is 0.253 e. The molecule has 4 nitrogen and oxygen atoms in total. The van der Waals surface area contributed by atoms with Crippen molar-refractivity contribution in [2.75, 3.05) is 13.1 Å². The monoisotopic (exact) mass is 291 g/mol. The molecule has 0 unspecified atom stereocenters. The van der Waals surface area contributed by atoms with E-state index >= 15 is 0 Å². The first-order valence-electron chi connectivity index (χ1n) is 6.47. The highest BCUT2D eigenvalue weighted by Gasteiger charge is 2.16. The second kappa shape index (κ2) is 6.11. The van der Waals surface area contributed by atoms with E-state index in [-0.39, 0.29) is 5.91 Å². The average Bonchev–Trinajstić information content (AvgIpc) is 2.71. The Bertz CT molecular complexity index is 634. The van der Waals surface area contributed by atoms with E-state index in [0.29, 0.717) is 23.7 Å². The molecule has 0 bridgehead atoms. The van der Waals surface area contributed by atoms with E-state index in [4.69, 9.17) is 17.3 Å². The molecule has 0 saturated carbocycles. The molecule has 0 fully saturated rings. The minimum atomic E-state index is -0.100. The SMILES string of the molecule is Cc1cc(C(=O)NCCN)c(C)n1-c1cccc(Cl)c1. The van der Waals surface area contributed by atoms with Crippen molar-refractivity contribution in [3.63, 3.8) is 0 Å². The van der Waals surface area contributed by atoms with E-state index in [2.05, 4.69) is 5.32 Å². The number of aromatic nitrogens is 1. The molecule has 0 radical (unpaired) electrons. The molecule has 0 aliphatic rings. The van der Waals surface area contributed by atoms with Crippen molar-refractivity contribution < 1.29 is 4.79 Å². The van der Waals surface area contributed by atoms with Gasteiger partial charge in [0.25, 0.3) is 5.91 Å². The molecule has 3 N–H and O–H groups in total. The van der Waals surface area contributed by atoms with Gasteiger partial charge in [0.2, 0.25) is 0 Å². The standard InChI is InChI=1S/C15H18ClN3O/c1-10-8-14(15(20)18-7-6-17)11(2)19(10)13-5-3-4-12(16)9-13/h3-5,8-9H,6-7,17H2,1-2H3,(H,18,20). The lowest BCUT2D eigenvalue weighted by atomic mass is 10.2. The normalized spacial score (nSPS) is 10.6. The Morgan fingerprint density at radius 2 is 2.10 bits per heavy atom. The minimum absolute atomic E-state index is 0.100. The predicted molar refractivity (Wildman–Crippen MR) is 81.6 cm³/mol. The third-order valence-corrected chi connectivity index (χ3v) is 3.41. The van der Waals surface area contributed by atoms with Gasteiger partial charge in [0, 0.05) is 35.2 Å². The van der Waals surface area contributed by atoms with E-state index < -0.39 is 0 Å². The first kappa shape index (κ1) is 14.6. The van der Waals surface area contributed by atoms with Crippen molar-refractivity contribution in [2.45, 2.75) is 13.8 Å². The average molecular weight is 292 g/mol. The third-order valence-electron chi connectivity index (χ3n) is 3.17. The zero-order valence-corrected chi connectivity index (χ0v) is 12.4. The summed E-state index contributed by atoms with van der Waals surface area (Å²) in [5, 5.41) is 3.46. The van der Waals surface area contributed by atoms with Gasteiger partial charge < -0.3 is 15.6 Å². The lowest BCUT2D eigenvalue weighted by Crippen LogP contribution is -2.29. The molecule has 1 heterocycles. The molecule has 5 heteroatoms. The number of hydrogen-bond acceptors (Lipinski definition) is 2. The Kier molecular flexibility index (Phi) is 4.47. The number of carbonyl (C=O) groups excluding carboxylic acids is 1. The van der Waals surface area contributed by atoms with E-state index in [9.17, 15) is 4.79 Å². The van der Waals surface area contributed by atoms with Crippen molar-refractivity contribution >= 4 is 17.5 Å². The molecule has 20 heavy (non-hydrogen) atoms. The zero-order valence-electron chi connectivity index (χ0n) is 11.6. The molecular formula is C15H18ClN3O. The number of hydrogen-bond donors (Lipinski definition) is 2. The summed E-state index contributed by atoms with van der Waals surface area (Å²) in [5.74, 6) is -0.100. The molecule has 2 rings (SSSR count). The van der Waals surface area contributed by atoms with Crippen molar-refractivity contribution in [1.82, 2.24) is 9.88 Å². The Morgan fingerprint density at radius 1 is 1.35 bits per heavy atom. The number of aryl methyl sites for hydroxylation is 1. The molecule has 0 aliphatic carbocycles. The predicted octanol–water partition coefficient (Wildman–Crippen LogP) is 2.44. The van der Waals surface area contributed by atoms with Crippen LogP contribution in [0.25, 0.3) is 5.69 Å². The van der Waals surface area contributed by atoms with E-state index in [1.807, 2.05) is 48.7 Å². The summed E-state index contributed by atoms with van der Waals surface area (Å²) in [5.41, 5.74) is 8.89. The summed E-state index contributed by atoms with van der Waals surface area (Å²) in [6.45, 7) is 4.79. The van der Waals surface area contributed by atoms with Gasteiger partial charge in [0.15, 0.2) is 0 Å². The van der Waals surface area contributed by atoms with Gasteiger partial charge in [-0.15, -0.1) is 0 Å². The Hall–Kier alpha value is -1.78. The van der Waals surface area contributed by atoms with Gasteiger partial charge in [-0.05, 0) is 38.1 Å². The maximum atomic E-state index is 12.1. The van der Waals surface area contributed by atoms with Gasteiger partial charge in [-0.3, -0.25) is 4.79 Å². The highest BCUT2D eigenvalue weighted by atomic mass is 35.5. The second-order valence-electron chi connectivity index (χ2n) is 4.64. The van der Waals surface area contributed by atoms with Crippen LogP contribution >= 0.6 is 11.6 Å². The van der Waals surface area contributed by atoms with Crippen LogP contribution in [0, 0.1) is 13.8 Å². The number of carbonyl (C=O) groups is 1. The smallest absolute Gasteiger partial charge is 0.253 e. The molecule has 2 aromatic rings. The van der Waals surface area contributed by atoms with Crippen LogP contribution in [0.15, 0.2) is 30.3 Å². The quantitative estimate of drug-likeness (QED) is 0.909. The molecule has 0 spiro atoms. The number of rotatable bonds is 4.